The summed E-state index contributed by atoms with van der Waals surface area (Å²) in [5.41, 5.74) is 5.68. The summed E-state index contributed by atoms with van der Waals surface area (Å²) < 4.78 is 18.0. The van der Waals surface area contributed by atoms with Gasteiger partial charge in [-0.1, -0.05) is 13.8 Å². The third-order valence-electron chi connectivity index (χ3n) is 2.76. The maximum absolute atomic E-state index is 12.7. The highest BCUT2D eigenvalue weighted by Crippen LogP contribution is 2.11. The van der Waals surface area contributed by atoms with Gasteiger partial charge in [0.2, 0.25) is 0 Å². The highest BCUT2D eigenvalue weighted by molar-refractivity contribution is 5.77. The highest BCUT2D eigenvalue weighted by Gasteiger charge is 2.05. The second-order valence-electron chi connectivity index (χ2n) is 5.25. The number of rotatable bonds is 8. The normalized spacial score (nSPS) is 13.3. The molecule has 4 N–H and O–H groups in total. The Hall–Kier alpha value is -1.82. The monoisotopic (exact) mass is 297 g/mol. The van der Waals surface area contributed by atoms with Crippen LogP contribution in [0.5, 0.6) is 5.75 Å². The fourth-order valence-corrected chi connectivity index (χ4v) is 1.52. The molecule has 5 nitrogen and oxygen atoms in total. The standard InChI is InChI=1S/C15H24FN3O2/c1-11(2)7-8-18-15(17)19-9-13(20)10-21-14-5-3-12(16)4-6-14/h3-6,11,13,20H,7-10H2,1-2H3,(H3,17,18,19). The Bertz CT molecular complexity index is 435. The molecule has 0 aromatic heterocycles. The van der Waals surface area contributed by atoms with Crippen LogP contribution in [0.25, 0.3) is 0 Å². The molecular formula is C15H24FN3O2. The van der Waals surface area contributed by atoms with Gasteiger partial charge in [0.05, 0.1) is 6.54 Å². The van der Waals surface area contributed by atoms with Crippen molar-refractivity contribution < 1.29 is 14.2 Å². The van der Waals surface area contributed by atoms with Gasteiger partial charge in [0.1, 0.15) is 24.3 Å². The Labute approximate surface area is 125 Å². The summed E-state index contributed by atoms with van der Waals surface area (Å²) in [6, 6.07) is 5.62. The van der Waals surface area contributed by atoms with E-state index >= 15 is 0 Å². The zero-order valence-electron chi connectivity index (χ0n) is 12.6. The lowest BCUT2D eigenvalue weighted by Crippen LogP contribution is -2.34. The molecule has 0 heterocycles. The van der Waals surface area contributed by atoms with Crippen molar-refractivity contribution in [3.63, 3.8) is 0 Å². The third kappa shape index (κ3) is 8.14. The van der Waals surface area contributed by atoms with Crippen LogP contribution in [-0.2, 0) is 0 Å². The predicted molar refractivity (Wildman–Crippen MR) is 81.8 cm³/mol. The van der Waals surface area contributed by atoms with Crippen LogP contribution in [0.15, 0.2) is 29.3 Å². The van der Waals surface area contributed by atoms with Crippen molar-refractivity contribution in [2.45, 2.75) is 26.4 Å². The van der Waals surface area contributed by atoms with E-state index in [1.54, 1.807) is 0 Å². The van der Waals surface area contributed by atoms with E-state index in [2.05, 4.69) is 24.2 Å². The van der Waals surface area contributed by atoms with Crippen LogP contribution in [0, 0.1) is 11.7 Å². The van der Waals surface area contributed by atoms with Crippen molar-refractivity contribution in [1.82, 2.24) is 5.32 Å². The van der Waals surface area contributed by atoms with Gasteiger partial charge in [0, 0.05) is 6.54 Å². The first-order chi connectivity index (χ1) is 9.97. The van der Waals surface area contributed by atoms with E-state index in [0.29, 0.717) is 17.6 Å². The molecule has 1 rings (SSSR count). The zero-order valence-corrected chi connectivity index (χ0v) is 12.6. The van der Waals surface area contributed by atoms with Gasteiger partial charge in [-0.15, -0.1) is 0 Å². The number of guanidine groups is 1. The van der Waals surface area contributed by atoms with E-state index in [9.17, 15) is 9.50 Å². The predicted octanol–water partition coefficient (Wildman–Crippen LogP) is 1.52. The molecule has 118 valence electrons. The molecule has 0 saturated carbocycles. The van der Waals surface area contributed by atoms with Crippen LogP contribution in [0.4, 0.5) is 4.39 Å². The second kappa shape index (κ2) is 9.18. The van der Waals surface area contributed by atoms with E-state index in [1.165, 1.54) is 24.3 Å². The van der Waals surface area contributed by atoms with Gasteiger partial charge < -0.3 is 20.9 Å². The molecule has 1 aromatic carbocycles. The molecule has 0 bridgehead atoms. The summed E-state index contributed by atoms with van der Waals surface area (Å²) >= 11 is 0. The molecule has 0 aliphatic heterocycles. The Kier molecular flexibility index (Phi) is 7.53. The molecule has 1 atom stereocenters. The molecule has 1 aromatic rings. The number of aliphatic imine (C=N–C) groups is 1. The minimum Gasteiger partial charge on any atom is -0.491 e. The first-order valence-electron chi connectivity index (χ1n) is 7.07. The first-order valence-corrected chi connectivity index (χ1v) is 7.07. The molecule has 1 unspecified atom stereocenters. The number of benzene rings is 1. The summed E-state index contributed by atoms with van der Waals surface area (Å²) in [4.78, 5) is 4.04. The summed E-state index contributed by atoms with van der Waals surface area (Å²) in [6.07, 6.45) is 0.243. The number of nitrogens with one attached hydrogen (secondary N) is 1. The number of nitrogens with two attached hydrogens (primary N) is 1. The maximum Gasteiger partial charge on any atom is 0.188 e. The number of ether oxygens (including phenoxy) is 1. The fourth-order valence-electron chi connectivity index (χ4n) is 1.52. The molecule has 0 radical (unpaired) electrons. The number of halogens is 1. The second-order valence-corrected chi connectivity index (χ2v) is 5.25. The van der Waals surface area contributed by atoms with Gasteiger partial charge in [-0.05, 0) is 36.6 Å². The molecule has 0 aliphatic carbocycles. The van der Waals surface area contributed by atoms with Crippen molar-refractivity contribution in [2.24, 2.45) is 16.6 Å². The summed E-state index contributed by atoms with van der Waals surface area (Å²) in [5, 5.41) is 12.7. The van der Waals surface area contributed by atoms with Crippen LogP contribution in [0.2, 0.25) is 0 Å². The zero-order chi connectivity index (χ0) is 15.7. The SMILES string of the molecule is CC(C)CCNC(N)=NCC(O)COc1ccc(F)cc1. The smallest absolute Gasteiger partial charge is 0.188 e. The largest absolute Gasteiger partial charge is 0.491 e. The quantitative estimate of drug-likeness (QED) is 0.502. The molecule has 0 fully saturated rings. The summed E-state index contributed by atoms with van der Waals surface area (Å²) in [5.74, 6) is 1.09. The lowest BCUT2D eigenvalue weighted by atomic mass is 10.1. The maximum atomic E-state index is 12.7. The molecule has 0 spiro atoms. The number of nitrogens with zero attached hydrogens (tertiary/aromatic N) is 1. The number of aliphatic hydroxyl groups excluding tert-OH is 1. The molecule has 0 amide bonds. The average molecular weight is 297 g/mol. The summed E-state index contributed by atoms with van der Waals surface area (Å²) in [7, 11) is 0. The fraction of sp³-hybridized carbons (Fsp3) is 0.533. The van der Waals surface area contributed by atoms with Crippen molar-refractivity contribution in [3.8, 4) is 5.75 Å². The van der Waals surface area contributed by atoms with Crippen molar-refractivity contribution >= 4 is 5.96 Å². The molecule has 21 heavy (non-hydrogen) atoms. The van der Waals surface area contributed by atoms with Gasteiger partial charge in [-0.25, -0.2) is 4.39 Å². The van der Waals surface area contributed by atoms with Crippen molar-refractivity contribution in [1.29, 1.82) is 0 Å². The van der Waals surface area contributed by atoms with Crippen LogP contribution >= 0.6 is 0 Å². The van der Waals surface area contributed by atoms with E-state index in [4.69, 9.17) is 10.5 Å². The van der Waals surface area contributed by atoms with Crippen molar-refractivity contribution in [3.05, 3.63) is 30.1 Å². The Morgan fingerprint density at radius 1 is 1.38 bits per heavy atom. The van der Waals surface area contributed by atoms with Gasteiger partial charge >= 0.3 is 0 Å². The van der Waals surface area contributed by atoms with Gasteiger partial charge in [0.25, 0.3) is 0 Å². The number of hydrogen-bond acceptors (Lipinski definition) is 3. The van der Waals surface area contributed by atoms with E-state index in [1.807, 2.05) is 0 Å². The third-order valence-corrected chi connectivity index (χ3v) is 2.76. The van der Waals surface area contributed by atoms with E-state index in [-0.39, 0.29) is 19.0 Å². The molecule has 0 saturated heterocycles. The van der Waals surface area contributed by atoms with Crippen LogP contribution in [0.1, 0.15) is 20.3 Å². The minimum absolute atomic E-state index is 0.0778. The molecular weight excluding hydrogens is 273 g/mol. The van der Waals surface area contributed by atoms with Gasteiger partial charge in [-0.2, -0.15) is 0 Å². The summed E-state index contributed by atoms with van der Waals surface area (Å²) in [6.45, 7) is 5.25. The number of hydrogen-bond donors (Lipinski definition) is 3. The van der Waals surface area contributed by atoms with E-state index < -0.39 is 6.10 Å². The minimum atomic E-state index is -0.763. The number of aliphatic hydroxyl groups is 1. The van der Waals surface area contributed by atoms with E-state index in [0.717, 1.165) is 13.0 Å². The Morgan fingerprint density at radius 2 is 2.05 bits per heavy atom. The van der Waals surface area contributed by atoms with Crippen LogP contribution < -0.4 is 15.8 Å². The first kappa shape index (κ1) is 17.2. The topological polar surface area (TPSA) is 79.9 Å². The van der Waals surface area contributed by atoms with Gasteiger partial charge in [0.15, 0.2) is 5.96 Å². The van der Waals surface area contributed by atoms with Gasteiger partial charge in [-0.3, -0.25) is 4.99 Å². The lowest BCUT2D eigenvalue weighted by Gasteiger charge is -2.11. The Balaban J connectivity index is 2.23. The van der Waals surface area contributed by atoms with Crippen LogP contribution in [0.3, 0.4) is 0 Å². The van der Waals surface area contributed by atoms with Crippen LogP contribution in [-0.4, -0.2) is 36.9 Å². The van der Waals surface area contributed by atoms with Crippen molar-refractivity contribution in [2.75, 3.05) is 19.7 Å². The average Bonchev–Trinajstić information content (AvgIpc) is 2.44. The Morgan fingerprint density at radius 3 is 2.67 bits per heavy atom. The molecule has 0 aliphatic rings. The highest BCUT2D eigenvalue weighted by atomic mass is 19.1. The lowest BCUT2D eigenvalue weighted by molar-refractivity contribution is 0.114. The molecule has 6 heteroatoms.